The second-order valence-corrected chi connectivity index (χ2v) is 6.66. The molecule has 20 heavy (non-hydrogen) atoms. The highest BCUT2D eigenvalue weighted by molar-refractivity contribution is 7.89. The zero-order chi connectivity index (χ0) is 14.9. The van der Waals surface area contributed by atoms with Crippen LogP contribution in [-0.2, 0) is 23.6 Å². The molecule has 0 fully saturated rings. The van der Waals surface area contributed by atoms with Crippen LogP contribution in [0.3, 0.4) is 0 Å². The molecule has 6 nitrogen and oxygen atoms in total. The minimum absolute atomic E-state index is 0.00368. The van der Waals surface area contributed by atoms with E-state index >= 15 is 0 Å². The molecule has 2 aromatic rings. The van der Waals surface area contributed by atoms with Crippen molar-refractivity contribution in [3.8, 4) is 0 Å². The first-order chi connectivity index (χ1) is 9.29. The van der Waals surface area contributed by atoms with E-state index in [0.717, 1.165) is 0 Å². The van der Waals surface area contributed by atoms with Gasteiger partial charge in [0.2, 0.25) is 10.0 Å². The molecule has 0 aliphatic heterocycles. The molecule has 0 amide bonds. The molecule has 0 bridgehead atoms. The van der Waals surface area contributed by atoms with E-state index in [-0.39, 0.29) is 27.2 Å². The first-order valence-electron chi connectivity index (χ1n) is 5.52. The third kappa shape index (κ3) is 3.24. The van der Waals surface area contributed by atoms with Gasteiger partial charge in [-0.15, -0.1) is 0 Å². The average Bonchev–Trinajstić information content (AvgIpc) is 2.71. The van der Waals surface area contributed by atoms with Crippen LogP contribution in [0.25, 0.3) is 0 Å². The number of halogens is 2. The van der Waals surface area contributed by atoms with Gasteiger partial charge in [0.1, 0.15) is 4.90 Å². The maximum absolute atomic E-state index is 12.2. The molecule has 0 aliphatic rings. The summed E-state index contributed by atoms with van der Waals surface area (Å²) < 4.78 is 28.4. The molecular weight excluding hydrogens is 323 g/mol. The van der Waals surface area contributed by atoms with Gasteiger partial charge in [-0.1, -0.05) is 23.2 Å². The van der Waals surface area contributed by atoms with Crippen molar-refractivity contribution >= 4 is 38.9 Å². The lowest BCUT2D eigenvalue weighted by Crippen LogP contribution is -2.24. The van der Waals surface area contributed by atoms with Crippen LogP contribution in [-0.4, -0.2) is 18.2 Å². The van der Waals surface area contributed by atoms with Gasteiger partial charge < -0.3 is 5.73 Å². The van der Waals surface area contributed by atoms with Crippen molar-refractivity contribution in [2.45, 2.75) is 11.4 Å². The van der Waals surface area contributed by atoms with E-state index in [1.165, 1.54) is 12.1 Å². The molecule has 0 aliphatic carbocycles. The van der Waals surface area contributed by atoms with Gasteiger partial charge in [-0.3, -0.25) is 4.68 Å². The number of nitrogens with two attached hydrogens (primary N) is 1. The molecular formula is C11H12Cl2N4O2S. The maximum Gasteiger partial charge on any atom is 0.244 e. The molecule has 3 N–H and O–H groups in total. The maximum atomic E-state index is 12.2. The molecule has 0 spiro atoms. The second kappa shape index (κ2) is 5.61. The fourth-order valence-corrected chi connectivity index (χ4v) is 3.64. The Kier molecular flexibility index (Phi) is 4.24. The van der Waals surface area contributed by atoms with Gasteiger partial charge in [0.25, 0.3) is 0 Å². The molecule has 108 valence electrons. The number of anilines is 1. The SMILES string of the molecule is Cn1ccc(CNS(=O)(=O)c2c(N)cc(Cl)cc2Cl)n1. The van der Waals surface area contributed by atoms with E-state index in [0.29, 0.717) is 5.69 Å². The predicted molar refractivity (Wildman–Crippen MR) is 78.1 cm³/mol. The molecule has 0 atom stereocenters. The van der Waals surface area contributed by atoms with Crippen molar-refractivity contribution in [1.29, 1.82) is 0 Å². The Morgan fingerprint density at radius 3 is 2.65 bits per heavy atom. The molecule has 9 heteroatoms. The highest BCUT2D eigenvalue weighted by Crippen LogP contribution is 2.30. The van der Waals surface area contributed by atoms with Crippen molar-refractivity contribution in [1.82, 2.24) is 14.5 Å². The van der Waals surface area contributed by atoms with Crippen LogP contribution >= 0.6 is 23.2 Å². The summed E-state index contributed by atoms with van der Waals surface area (Å²) in [5.41, 5.74) is 6.25. The number of aromatic nitrogens is 2. The van der Waals surface area contributed by atoms with Crippen LogP contribution in [0.4, 0.5) is 5.69 Å². The topological polar surface area (TPSA) is 90.0 Å². The Balaban J connectivity index is 2.27. The number of hydrogen-bond donors (Lipinski definition) is 2. The summed E-state index contributed by atoms with van der Waals surface area (Å²) in [4.78, 5) is -0.181. The molecule has 2 rings (SSSR count). The number of nitrogens with one attached hydrogen (secondary N) is 1. The van der Waals surface area contributed by atoms with Crippen LogP contribution in [0.2, 0.25) is 10.0 Å². The first kappa shape index (κ1) is 15.1. The minimum Gasteiger partial charge on any atom is -0.398 e. The lowest BCUT2D eigenvalue weighted by Gasteiger charge is -2.10. The fraction of sp³-hybridized carbons (Fsp3) is 0.182. The smallest absolute Gasteiger partial charge is 0.244 e. The van der Waals surface area contributed by atoms with Crippen molar-refractivity contribution in [2.75, 3.05) is 5.73 Å². The van der Waals surface area contributed by atoms with Gasteiger partial charge in [-0.2, -0.15) is 5.10 Å². The molecule has 0 saturated carbocycles. The molecule has 1 aromatic heterocycles. The van der Waals surface area contributed by atoms with Crippen molar-refractivity contribution < 1.29 is 8.42 Å². The monoisotopic (exact) mass is 334 g/mol. The Morgan fingerprint density at radius 2 is 2.10 bits per heavy atom. The van der Waals surface area contributed by atoms with E-state index in [4.69, 9.17) is 28.9 Å². The first-order valence-corrected chi connectivity index (χ1v) is 7.76. The molecule has 1 heterocycles. The Labute approximate surface area is 126 Å². The van der Waals surface area contributed by atoms with Gasteiger partial charge in [-0.05, 0) is 18.2 Å². The van der Waals surface area contributed by atoms with E-state index < -0.39 is 10.0 Å². The zero-order valence-electron chi connectivity index (χ0n) is 10.5. The highest BCUT2D eigenvalue weighted by Gasteiger charge is 2.22. The molecule has 0 saturated heterocycles. The summed E-state index contributed by atoms with van der Waals surface area (Å²) in [5, 5.41) is 4.32. The average molecular weight is 335 g/mol. The number of nitrogen functional groups attached to an aromatic ring is 1. The van der Waals surface area contributed by atoms with Crippen LogP contribution < -0.4 is 10.5 Å². The third-order valence-electron chi connectivity index (χ3n) is 2.52. The van der Waals surface area contributed by atoms with Gasteiger partial charge in [0.15, 0.2) is 0 Å². The van der Waals surface area contributed by atoms with E-state index in [1.54, 1.807) is 24.0 Å². The van der Waals surface area contributed by atoms with Crippen LogP contribution in [0, 0.1) is 0 Å². The number of hydrogen-bond acceptors (Lipinski definition) is 4. The number of rotatable bonds is 4. The summed E-state index contributed by atoms with van der Waals surface area (Å²) in [6.45, 7) is 0.0432. The van der Waals surface area contributed by atoms with E-state index in [1.807, 2.05) is 0 Å². The van der Waals surface area contributed by atoms with Gasteiger partial charge >= 0.3 is 0 Å². The minimum atomic E-state index is -3.84. The van der Waals surface area contributed by atoms with Crippen LogP contribution in [0.5, 0.6) is 0 Å². The number of nitrogens with zero attached hydrogens (tertiary/aromatic N) is 2. The van der Waals surface area contributed by atoms with Crippen molar-refractivity contribution in [2.24, 2.45) is 7.05 Å². The van der Waals surface area contributed by atoms with Crippen LogP contribution in [0.15, 0.2) is 29.3 Å². The Morgan fingerprint density at radius 1 is 1.40 bits per heavy atom. The summed E-state index contributed by atoms with van der Waals surface area (Å²) in [6.07, 6.45) is 1.72. The zero-order valence-corrected chi connectivity index (χ0v) is 12.8. The number of aryl methyl sites for hydroxylation is 1. The Bertz CT molecular complexity index is 720. The van der Waals surface area contributed by atoms with E-state index in [2.05, 4.69) is 9.82 Å². The van der Waals surface area contributed by atoms with E-state index in [9.17, 15) is 8.42 Å². The van der Waals surface area contributed by atoms with Gasteiger partial charge in [-0.25, -0.2) is 13.1 Å². The Hall–Kier alpha value is -1.28. The van der Waals surface area contributed by atoms with Gasteiger partial charge in [0, 0.05) is 18.3 Å². The second-order valence-electron chi connectivity index (χ2n) is 4.11. The standard InChI is InChI=1S/C11H12Cl2N4O2S/c1-17-3-2-8(16-17)6-15-20(18,19)11-9(13)4-7(12)5-10(11)14/h2-5,15H,6,14H2,1H3. The van der Waals surface area contributed by atoms with Crippen LogP contribution in [0.1, 0.15) is 5.69 Å². The lowest BCUT2D eigenvalue weighted by molar-refractivity contribution is 0.580. The quantitative estimate of drug-likeness (QED) is 0.834. The summed E-state index contributed by atoms with van der Waals surface area (Å²) in [7, 11) is -2.10. The fourth-order valence-electron chi connectivity index (χ4n) is 1.66. The van der Waals surface area contributed by atoms with Crippen molar-refractivity contribution in [3.63, 3.8) is 0 Å². The lowest BCUT2D eigenvalue weighted by atomic mass is 10.3. The molecule has 1 aromatic carbocycles. The summed E-state index contributed by atoms with van der Waals surface area (Å²) in [6, 6.07) is 4.37. The molecule has 0 radical (unpaired) electrons. The van der Waals surface area contributed by atoms with Crippen molar-refractivity contribution in [3.05, 3.63) is 40.1 Å². The normalized spacial score (nSPS) is 11.8. The summed E-state index contributed by atoms with van der Waals surface area (Å²) in [5.74, 6) is 0. The number of benzene rings is 1. The predicted octanol–water partition coefficient (Wildman–Crippen LogP) is 1.79. The third-order valence-corrected chi connectivity index (χ3v) is 4.66. The molecule has 0 unspecified atom stereocenters. The van der Waals surface area contributed by atoms with Gasteiger partial charge in [0.05, 0.1) is 22.9 Å². The highest BCUT2D eigenvalue weighted by atomic mass is 35.5. The number of sulfonamides is 1. The largest absolute Gasteiger partial charge is 0.398 e. The summed E-state index contributed by atoms with van der Waals surface area (Å²) >= 11 is 11.7.